The molecule has 2 aromatic carbocycles. The minimum absolute atomic E-state index is 0.0336. The first-order valence-corrected chi connectivity index (χ1v) is 8.92. The Morgan fingerprint density at radius 2 is 1.69 bits per heavy atom. The Morgan fingerprint density at radius 1 is 1.12 bits per heavy atom. The van der Waals surface area contributed by atoms with Gasteiger partial charge in [-0.3, -0.25) is 0 Å². The number of amides is 1. The highest BCUT2D eigenvalue weighted by atomic mass is 16.5. The van der Waals surface area contributed by atoms with Crippen LogP contribution in [0.1, 0.15) is 29.9 Å². The fourth-order valence-corrected chi connectivity index (χ4v) is 4.10. The average molecular weight is 353 g/mol. The number of aliphatic hydroxyl groups excluding tert-OH is 1. The summed E-state index contributed by atoms with van der Waals surface area (Å²) in [5, 5.41) is 12.4. The highest BCUT2D eigenvalue weighted by molar-refractivity contribution is 5.79. The number of ether oxygens (including phenoxy) is 2. The number of alkyl carbamates (subject to hydrolysis) is 1. The molecular formula is C21H23NO4. The van der Waals surface area contributed by atoms with Crippen LogP contribution in [0.15, 0.2) is 48.5 Å². The number of carbonyl (C=O) groups excluding carboxylic acids is 1. The molecule has 2 N–H and O–H groups in total. The van der Waals surface area contributed by atoms with Crippen LogP contribution in [0, 0.1) is 0 Å². The van der Waals surface area contributed by atoms with Gasteiger partial charge in [-0.05, 0) is 35.1 Å². The van der Waals surface area contributed by atoms with Gasteiger partial charge in [-0.1, -0.05) is 48.5 Å². The molecule has 0 radical (unpaired) electrons. The van der Waals surface area contributed by atoms with Crippen molar-refractivity contribution in [3.63, 3.8) is 0 Å². The average Bonchev–Trinajstić information content (AvgIpc) is 2.96. The third-order valence-electron chi connectivity index (χ3n) is 5.58. The van der Waals surface area contributed by atoms with Crippen LogP contribution in [0.4, 0.5) is 4.79 Å². The molecule has 0 aliphatic heterocycles. The maximum Gasteiger partial charge on any atom is 0.407 e. The van der Waals surface area contributed by atoms with Gasteiger partial charge >= 0.3 is 6.09 Å². The van der Waals surface area contributed by atoms with Crippen LogP contribution in [0.5, 0.6) is 0 Å². The number of carbonyl (C=O) groups is 1. The van der Waals surface area contributed by atoms with Crippen molar-refractivity contribution in [1.29, 1.82) is 0 Å². The van der Waals surface area contributed by atoms with Gasteiger partial charge in [0.1, 0.15) is 6.61 Å². The van der Waals surface area contributed by atoms with E-state index in [-0.39, 0.29) is 25.2 Å². The van der Waals surface area contributed by atoms with E-state index in [1.807, 2.05) is 24.3 Å². The number of nitrogens with one attached hydrogen (secondary N) is 1. The molecule has 1 amide bonds. The highest BCUT2D eigenvalue weighted by Crippen LogP contribution is 2.44. The fraction of sp³-hybridized carbons (Fsp3) is 0.381. The van der Waals surface area contributed by atoms with Crippen molar-refractivity contribution in [2.45, 2.75) is 30.4 Å². The molecule has 5 nitrogen and oxygen atoms in total. The van der Waals surface area contributed by atoms with E-state index in [4.69, 9.17) is 9.47 Å². The van der Waals surface area contributed by atoms with Crippen LogP contribution in [0.2, 0.25) is 0 Å². The summed E-state index contributed by atoms with van der Waals surface area (Å²) in [5.41, 5.74) is 4.14. The normalized spacial score (nSPS) is 23.7. The third kappa shape index (κ3) is 2.87. The highest BCUT2D eigenvalue weighted by Gasteiger charge is 2.45. The molecule has 0 atom stereocenters. The predicted octanol–water partition coefficient (Wildman–Crippen LogP) is 3.07. The van der Waals surface area contributed by atoms with Gasteiger partial charge in [0, 0.05) is 13.0 Å². The molecule has 5 heteroatoms. The largest absolute Gasteiger partial charge is 0.449 e. The van der Waals surface area contributed by atoms with Crippen molar-refractivity contribution >= 4 is 6.09 Å². The maximum absolute atomic E-state index is 12.3. The second-order valence-corrected chi connectivity index (χ2v) is 7.15. The Hall–Kier alpha value is -2.37. The summed E-state index contributed by atoms with van der Waals surface area (Å²) >= 11 is 0. The first-order valence-electron chi connectivity index (χ1n) is 8.92. The third-order valence-corrected chi connectivity index (χ3v) is 5.58. The smallest absolute Gasteiger partial charge is 0.407 e. The summed E-state index contributed by atoms with van der Waals surface area (Å²) in [5.74, 6) is 0.0336. The summed E-state index contributed by atoms with van der Waals surface area (Å²) in [6.45, 7) is 0.159. The van der Waals surface area contributed by atoms with Crippen molar-refractivity contribution in [3.05, 3.63) is 59.7 Å². The lowest BCUT2D eigenvalue weighted by molar-refractivity contribution is -0.0508. The van der Waals surface area contributed by atoms with Crippen molar-refractivity contribution < 1.29 is 19.4 Å². The molecule has 2 aromatic rings. The topological polar surface area (TPSA) is 67.8 Å². The van der Waals surface area contributed by atoms with Gasteiger partial charge in [0.15, 0.2) is 0 Å². The first-order chi connectivity index (χ1) is 12.7. The van der Waals surface area contributed by atoms with Gasteiger partial charge in [0.25, 0.3) is 0 Å². The Kier molecular flexibility index (Phi) is 4.42. The monoisotopic (exact) mass is 353 g/mol. The number of hydrogen-bond acceptors (Lipinski definition) is 4. The quantitative estimate of drug-likeness (QED) is 0.867. The van der Waals surface area contributed by atoms with E-state index in [1.54, 1.807) is 7.11 Å². The number of hydrogen-bond donors (Lipinski definition) is 2. The van der Waals surface area contributed by atoms with E-state index < -0.39 is 11.6 Å². The summed E-state index contributed by atoms with van der Waals surface area (Å²) in [6.07, 6.45) is 0.792. The lowest BCUT2D eigenvalue weighted by atomic mass is 9.75. The fourth-order valence-electron chi connectivity index (χ4n) is 4.10. The number of benzene rings is 2. The van der Waals surface area contributed by atoms with Crippen LogP contribution >= 0.6 is 0 Å². The summed E-state index contributed by atoms with van der Waals surface area (Å²) in [6, 6.07) is 16.5. The van der Waals surface area contributed by atoms with Crippen molar-refractivity contribution in [2.24, 2.45) is 0 Å². The lowest BCUT2D eigenvalue weighted by Gasteiger charge is -2.45. The summed E-state index contributed by atoms with van der Waals surface area (Å²) in [7, 11) is 1.64. The van der Waals surface area contributed by atoms with E-state index in [2.05, 4.69) is 29.6 Å². The molecule has 0 saturated heterocycles. The maximum atomic E-state index is 12.3. The Morgan fingerprint density at radius 3 is 2.23 bits per heavy atom. The number of methoxy groups -OCH3 is 1. The molecule has 26 heavy (non-hydrogen) atoms. The summed E-state index contributed by atoms with van der Waals surface area (Å²) in [4.78, 5) is 12.3. The van der Waals surface area contributed by atoms with E-state index in [9.17, 15) is 9.90 Å². The minimum Gasteiger partial charge on any atom is -0.449 e. The zero-order chi connectivity index (χ0) is 18.1. The molecule has 1 saturated carbocycles. The van der Waals surface area contributed by atoms with Crippen LogP contribution in [-0.2, 0) is 9.47 Å². The second-order valence-electron chi connectivity index (χ2n) is 7.15. The molecule has 1 fully saturated rings. The molecular weight excluding hydrogens is 330 g/mol. The molecule has 0 spiro atoms. The zero-order valence-electron chi connectivity index (χ0n) is 14.8. The van der Waals surface area contributed by atoms with E-state index in [0.29, 0.717) is 12.8 Å². The Labute approximate surface area is 152 Å². The molecule has 0 bridgehead atoms. The standard InChI is InChI=1S/C21H23NO4/c1-25-14-10-21(11-14,13-23)22-20(24)26-12-19-17-8-4-2-6-15(17)16-7-3-5-9-18(16)19/h2-9,14,19,23H,10-13H2,1H3,(H,22,24). The summed E-state index contributed by atoms with van der Waals surface area (Å²) < 4.78 is 10.8. The Bertz CT molecular complexity index is 768. The van der Waals surface area contributed by atoms with Crippen LogP contribution in [-0.4, -0.2) is 43.2 Å². The van der Waals surface area contributed by atoms with Crippen molar-refractivity contribution in [2.75, 3.05) is 20.3 Å². The lowest BCUT2D eigenvalue weighted by Crippen LogP contribution is -2.62. The van der Waals surface area contributed by atoms with Crippen LogP contribution in [0.25, 0.3) is 11.1 Å². The molecule has 136 valence electrons. The second kappa shape index (κ2) is 6.74. The number of fused-ring (bicyclic) bond motifs is 3. The van der Waals surface area contributed by atoms with Gasteiger partial charge in [-0.25, -0.2) is 4.79 Å². The molecule has 0 heterocycles. The van der Waals surface area contributed by atoms with Crippen LogP contribution in [0.3, 0.4) is 0 Å². The van der Waals surface area contributed by atoms with E-state index in [0.717, 1.165) is 0 Å². The van der Waals surface area contributed by atoms with Gasteiger partial charge < -0.3 is 19.9 Å². The number of aliphatic hydroxyl groups is 1. The van der Waals surface area contributed by atoms with Crippen molar-refractivity contribution in [3.8, 4) is 11.1 Å². The SMILES string of the molecule is COC1CC(CO)(NC(=O)OCC2c3ccccc3-c3ccccc32)C1. The zero-order valence-corrected chi connectivity index (χ0v) is 14.8. The minimum atomic E-state index is -0.622. The van der Waals surface area contributed by atoms with Gasteiger partial charge in [0.05, 0.1) is 18.2 Å². The molecule has 0 unspecified atom stereocenters. The van der Waals surface area contributed by atoms with Gasteiger partial charge in [-0.2, -0.15) is 0 Å². The Balaban J connectivity index is 1.44. The first kappa shape index (κ1) is 17.1. The molecule has 2 aliphatic carbocycles. The number of rotatable bonds is 5. The van der Waals surface area contributed by atoms with E-state index in [1.165, 1.54) is 22.3 Å². The molecule has 4 rings (SSSR count). The van der Waals surface area contributed by atoms with E-state index >= 15 is 0 Å². The van der Waals surface area contributed by atoms with Crippen LogP contribution < -0.4 is 5.32 Å². The van der Waals surface area contributed by atoms with Gasteiger partial charge in [-0.15, -0.1) is 0 Å². The van der Waals surface area contributed by atoms with Gasteiger partial charge in [0.2, 0.25) is 0 Å². The molecule has 0 aromatic heterocycles. The van der Waals surface area contributed by atoms with Crippen molar-refractivity contribution in [1.82, 2.24) is 5.32 Å². The molecule has 2 aliphatic rings. The predicted molar refractivity (Wildman–Crippen MR) is 98.1 cm³/mol.